The summed E-state index contributed by atoms with van der Waals surface area (Å²) in [6.07, 6.45) is 0. The molecule has 10 heteroatoms. The average Bonchev–Trinajstić information content (AvgIpc) is 3.57. The molecule has 2 heterocycles. The summed E-state index contributed by atoms with van der Waals surface area (Å²) in [5.74, 6) is 0.868. The topological polar surface area (TPSA) is 128 Å². The van der Waals surface area contributed by atoms with Crippen molar-refractivity contribution in [1.29, 1.82) is 0 Å². The van der Waals surface area contributed by atoms with Crippen LogP contribution >= 0.6 is 0 Å². The summed E-state index contributed by atoms with van der Waals surface area (Å²) >= 11 is 0. The molecule has 6 rings (SSSR count). The maximum Gasteiger partial charge on any atom is 0.354 e. The maximum atomic E-state index is 12.7. The molecule has 202 valence electrons. The average molecular weight is 545 g/mol. The van der Waals surface area contributed by atoms with Crippen LogP contribution < -0.4 is 10.1 Å². The predicted octanol–water partition coefficient (Wildman–Crippen LogP) is 6.35. The maximum absolute atomic E-state index is 12.7. The van der Waals surface area contributed by atoms with Gasteiger partial charge in [-0.15, -0.1) is 0 Å². The van der Waals surface area contributed by atoms with Gasteiger partial charge in [0.25, 0.3) is 5.91 Å². The van der Waals surface area contributed by atoms with Gasteiger partial charge in [-0.3, -0.25) is 14.9 Å². The van der Waals surface area contributed by atoms with E-state index in [2.05, 4.69) is 20.4 Å². The zero-order chi connectivity index (χ0) is 28.3. The Morgan fingerprint density at radius 2 is 1.68 bits per heavy atom. The van der Waals surface area contributed by atoms with Crippen molar-refractivity contribution in [1.82, 2.24) is 25.1 Å². The molecule has 0 aliphatic rings. The normalized spacial score (nSPS) is 11.0. The summed E-state index contributed by atoms with van der Waals surface area (Å²) in [5, 5.41) is 19.1. The molecule has 0 fully saturated rings. The van der Waals surface area contributed by atoms with Crippen LogP contribution in [-0.2, 0) is 6.54 Å². The number of ether oxygens (including phenoxy) is 1. The van der Waals surface area contributed by atoms with Crippen LogP contribution in [0.15, 0.2) is 103 Å². The highest BCUT2D eigenvalue weighted by Gasteiger charge is 2.28. The van der Waals surface area contributed by atoms with E-state index in [0.29, 0.717) is 29.4 Å². The van der Waals surface area contributed by atoms with Gasteiger partial charge < -0.3 is 15.0 Å². The minimum atomic E-state index is -0.490. The molecule has 0 bridgehead atoms. The lowest BCUT2D eigenvalue weighted by Gasteiger charge is -2.09. The van der Waals surface area contributed by atoms with Crippen molar-refractivity contribution in [2.24, 2.45) is 0 Å². The van der Waals surface area contributed by atoms with Gasteiger partial charge in [-0.25, -0.2) is 4.98 Å². The first-order chi connectivity index (χ1) is 20.0. The van der Waals surface area contributed by atoms with Crippen molar-refractivity contribution in [2.45, 2.75) is 13.5 Å². The largest absolute Gasteiger partial charge is 0.434 e. The van der Waals surface area contributed by atoms with Crippen molar-refractivity contribution in [3.05, 3.63) is 130 Å². The van der Waals surface area contributed by atoms with Gasteiger partial charge in [0.15, 0.2) is 0 Å². The fourth-order valence-corrected chi connectivity index (χ4v) is 4.50. The number of nitrogens with one attached hydrogen (secondary N) is 2. The summed E-state index contributed by atoms with van der Waals surface area (Å²) in [7, 11) is 0. The SMILES string of the molecule is Cc1nn(-c2ccccc2)c(Oc2ccc(-c3nc4ccc(C(=O)NCc5ccccc5)cc4[nH]3)cc2)c1[N+](=O)[O-]. The van der Waals surface area contributed by atoms with Crippen molar-refractivity contribution < 1.29 is 14.5 Å². The molecule has 41 heavy (non-hydrogen) atoms. The van der Waals surface area contributed by atoms with E-state index in [9.17, 15) is 14.9 Å². The second-order valence-corrected chi connectivity index (χ2v) is 9.36. The molecule has 1 amide bonds. The highest BCUT2D eigenvalue weighted by Crippen LogP contribution is 2.36. The van der Waals surface area contributed by atoms with Gasteiger partial charge in [0.2, 0.25) is 0 Å². The minimum Gasteiger partial charge on any atom is -0.434 e. The molecule has 0 unspecified atom stereocenters. The molecular weight excluding hydrogens is 520 g/mol. The number of amides is 1. The summed E-state index contributed by atoms with van der Waals surface area (Å²) in [6, 6.07) is 31.2. The molecule has 0 aliphatic carbocycles. The van der Waals surface area contributed by atoms with Gasteiger partial charge in [-0.1, -0.05) is 48.5 Å². The molecule has 0 atom stereocenters. The Labute approximate surface area is 234 Å². The monoisotopic (exact) mass is 544 g/mol. The first-order valence-corrected chi connectivity index (χ1v) is 12.9. The lowest BCUT2D eigenvalue weighted by Crippen LogP contribution is -2.22. The minimum absolute atomic E-state index is 0.0215. The number of aryl methyl sites for hydroxylation is 1. The van der Waals surface area contributed by atoms with E-state index in [0.717, 1.165) is 22.2 Å². The Balaban J connectivity index is 1.22. The number of aromatic nitrogens is 4. The first-order valence-electron chi connectivity index (χ1n) is 12.9. The third kappa shape index (κ3) is 5.26. The number of benzene rings is 4. The van der Waals surface area contributed by atoms with Gasteiger partial charge >= 0.3 is 11.6 Å². The molecule has 0 spiro atoms. The lowest BCUT2D eigenvalue weighted by molar-refractivity contribution is -0.386. The summed E-state index contributed by atoms with van der Waals surface area (Å²) in [4.78, 5) is 31.9. The van der Waals surface area contributed by atoms with Gasteiger partial charge in [-0.2, -0.15) is 9.78 Å². The number of imidazole rings is 1. The lowest BCUT2D eigenvalue weighted by atomic mass is 10.1. The molecule has 2 N–H and O–H groups in total. The number of hydrogen-bond donors (Lipinski definition) is 2. The van der Waals surface area contributed by atoms with Gasteiger partial charge in [0.05, 0.1) is 21.6 Å². The number of nitro groups is 1. The molecule has 0 saturated carbocycles. The van der Waals surface area contributed by atoms with Crippen molar-refractivity contribution in [2.75, 3.05) is 0 Å². The Bertz CT molecular complexity index is 1860. The van der Waals surface area contributed by atoms with Crippen LogP contribution in [-0.4, -0.2) is 30.6 Å². The quantitative estimate of drug-likeness (QED) is 0.170. The smallest absolute Gasteiger partial charge is 0.354 e. The predicted molar refractivity (Wildman–Crippen MR) is 154 cm³/mol. The Morgan fingerprint density at radius 1 is 0.976 bits per heavy atom. The van der Waals surface area contributed by atoms with E-state index < -0.39 is 4.92 Å². The fraction of sp³-hybridized carbons (Fsp3) is 0.0645. The van der Waals surface area contributed by atoms with Crippen LogP contribution in [0.4, 0.5) is 5.69 Å². The van der Waals surface area contributed by atoms with Crippen LogP contribution in [0.5, 0.6) is 11.6 Å². The van der Waals surface area contributed by atoms with E-state index >= 15 is 0 Å². The van der Waals surface area contributed by atoms with E-state index in [-0.39, 0.29) is 23.2 Å². The van der Waals surface area contributed by atoms with Gasteiger partial charge in [-0.05, 0) is 67.1 Å². The summed E-state index contributed by atoms with van der Waals surface area (Å²) < 4.78 is 7.43. The summed E-state index contributed by atoms with van der Waals surface area (Å²) in [5.41, 5.74) is 4.48. The fourth-order valence-electron chi connectivity index (χ4n) is 4.50. The van der Waals surface area contributed by atoms with Crippen molar-refractivity contribution in [3.63, 3.8) is 0 Å². The second kappa shape index (κ2) is 10.8. The highest BCUT2D eigenvalue weighted by atomic mass is 16.6. The number of fused-ring (bicyclic) bond motifs is 1. The number of H-pyrrole nitrogens is 1. The van der Waals surface area contributed by atoms with Crippen molar-refractivity contribution in [3.8, 4) is 28.7 Å². The third-order valence-corrected chi connectivity index (χ3v) is 6.55. The number of para-hydroxylation sites is 1. The molecule has 6 aromatic rings. The highest BCUT2D eigenvalue weighted by molar-refractivity contribution is 5.97. The molecule has 0 aliphatic heterocycles. The van der Waals surface area contributed by atoms with Gasteiger partial charge in [0.1, 0.15) is 17.3 Å². The van der Waals surface area contributed by atoms with E-state index in [1.807, 2.05) is 60.7 Å². The molecule has 4 aromatic carbocycles. The zero-order valence-corrected chi connectivity index (χ0v) is 21.9. The van der Waals surface area contributed by atoms with Crippen molar-refractivity contribution >= 4 is 22.6 Å². The van der Waals surface area contributed by atoms with Crippen LogP contribution in [0.1, 0.15) is 21.6 Å². The van der Waals surface area contributed by atoms with Crippen LogP contribution in [0.3, 0.4) is 0 Å². The van der Waals surface area contributed by atoms with Crippen LogP contribution in [0.2, 0.25) is 0 Å². The summed E-state index contributed by atoms with van der Waals surface area (Å²) in [6.45, 7) is 2.02. The molecule has 2 aromatic heterocycles. The van der Waals surface area contributed by atoms with E-state index in [4.69, 9.17) is 4.74 Å². The van der Waals surface area contributed by atoms with E-state index in [1.54, 1.807) is 49.4 Å². The number of nitrogens with zero attached hydrogens (tertiary/aromatic N) is 4. The Morgan fingerprint density at radius 3 is 2.39 bits per heavy atom. The van der Waals surface area contributed by atoms with E-state index in [1.165, 1.54) is 4.68 Å². The molecular formula is C31H24N6O4. The zero-order valence-electron chi connectivity index (χ0n) is 21.9. The molecule has 0 saturated heterocycles. The van der Waals surface area contributed by atoms with Crippen LogP contribution in [0, 0.1) is 17.0 Å². The number of carbonyl (C=O) groups excluding carboxylic acids is 1. The number of hydrogen-bond acceptors (Lipinski definition) is 6. The number of aromatic amines is 1. The Hall–Kier alpha value is -5.77. The molecule has 0 radical (unpaired) electrons. The van der Waals surface area contributed by atoms with Crippen LogP contribution in [0.25, 0.3) is 28.1 Å². The van der Waals surface area contributed by atoms with Gasteiger partial charge in [0, 0.05) is 17.7 Å². The second-order valence-electron chi connectivity index (χ2n) is 9.36. The first kappa shape index (κ1) is 25.5. The number of carbonyl (C=O) groups is 1. The molecule has 10 nitrogen and oxygen atoms in total. The standard InChI is InChI=1S/C31H24N6O4/c1-20-28(37(39)40)31(36(35-20)24-10-6-3-7-11-24)41-25-15-12-22(13-16-25)29-33-26-17-14-23(18-27(26)34-29)30(38)32-19-21-8-4-2-5-9-21/h2-18H,19H2,1H3,(H,32,38)(H,33,34). The Kier molecular flexibility index (Phi) is 6.70. The third-order valence-electron chi connectivity index (χ3n) is 6.55. The number of rotatable bonds is 8.